The molecule has 0 spiro atoms. The van der Waals surface area contributed by atoms with Crippen LogP contribution in [0.5, 0.6) is 0 Å². The van der Waals surface area contributed by atoms with Crippen LogP contribution in [-0.2, 0) is 9.59 Å². The predicted molar refractivity (Wildman–Crippen MR) is 97.5 cm³/mol. The third-order valence-electron chi connectivity index (χ3n) is 4.37. The summed E-state index contributed by atoms with van der Waals surface area (Å²) in [5.74, 6) is -0.636. The number of carbonyl (C=O) groups is 3. The average molecular weight is 363 g/mol. The number of hydrogen-bond donors (Lipinski definition) is 1. The monoisotopic (exact) mass is 363 g/mol. The molecular formula is C19H29N3O4. The first-order chi connectivity index (χ1) is 12.2. The van der Waals surface area contributed by atoms with Crippen LogP contribution in [0, 0.1) is 5.92 Å². The van der Waals surface area contributed by atoms with E-state index in [1.807, 2.05) is 27.7 Å². The number of carbonyl (C=O) groups excluding carboxylic acids is 3. The molecule has 144 valence electrons. The number of amides is 3. The van der Waals surface area contributed by atoms with Crippen molar-refractivity contribution >= 4 is 17.7 Å². The lowest BCUT2D eigenvalue weighted by molar-refractivity contribution is -0.140. The zero-order valence-corrected chi connectivity index (χ0v) is 16.1. The van der Waals surface area contributed by atoms with Crippen LogP contribution < -0.4 is 5.32 Å². The van der Waals surface area contributed by atoms with Crippen molar-refractivity contribution in [3.63, 3.8) is 0 Å². The molecule has 1 aliphatic heterocycles. The Labute approximate surface area is 154 Å². The Kier molecular flexibility index (Phi) is 6.45. The first-order valence-corrected chi connectivity index (χ1v) is 9.12. The Morgan fingerprint density at radius 2 is 2.08 bits per heavy atom. The molecule has 0 radical (unpaired) electrons. The van der Waals surface area contributed by atoms with Gasteiger partial charge in [-0.15, -0.1) is 0 Å². The number of furan rings is 1. The van der Waals surface area contributed by atoms with Crippen molar-refractivity contribution in [1.29, 1.82) is 0 Å². The predicted octanol–water partition coefficient (Wildman–Crippen LogP) is 1.89. The van der Waals surface area contributed by atoms with Gasteiger partial charge in [-0.05, 0) is 46.6 Å². The molecule has 0 aliphatic carbocycles. The number of nitrogens with zero attached hydrogens (tertiary/aromatic N) is 2. The molecule has 0 saturated carbocycles. The molecule has 7 heteroatoms. The highest BCUT2D eigenvalue weighted by molar-refractivity contribution is 5.94. The number of piperidine rings is 1. The van der Waals surface area contributed by atoms with Gasteiger partial charge < -0.3 is 19.5 Å². The van der Waals surface area contributed by atoms with Crippen molar-refractivity contribution < 1.29 is 18.8 Å². The number of rotatable bonds is 5. The van der Waals surface area contributed by atoms with Gasteiger partial charge in [0.25, 0.3) is 5.91 Å². The van der Waals surface area contributed by atoms with E-state index < -0.39 is 0 Å². The largest absolute Gasteiger partial charge is 0.472 e. The third kappa shape index (κ3) is 5.34. The number of likely N-dealkylation sites (tertiary alicyclic amines) is 1. The van der Waals surface area contributed by atoms with E-state index in [9.17, 15) is 14.4 Å². The molecule has 1 aromatic heterocycles. The lowest BCUT2D eigenvalue weighted by atomic mass is 9.96. The summed E-state index contributed by atoms with van der Waals surface area (Å²) in [5.41, 5.74) is 0.160. The van der Waals surface area contributed by atoms with Crippen molar-refractivity contribution in [1.82, 2.24) is 15.1 Å². The average Bonchev–Trinajstić information content (AvgIpc) is 3.11. The van der Waals surface area contributed by atoms with Crippen LogP contribution in [-0.4, -0.2) is 59.2 Å². The zero-order valence-electron chi connectivity index (χ0n) is 16.1. The summed E-state index contributed by atoms with van der Waals surface area (Å²) in [6.07, 6.45) is 4.38. The molecule has 1 atom stereocenters. The Hall–Kier alpha value is -2.31. The Bertz CT molecular complexity index is 634. The van der Waals surface area contributed by atoms with Gasteiger partial charge in [0.15, 0.2) is 0 Å². The molecule has 0 aromatic carbocycles. The van der Waals surface area contributed by atoms with Gasteiger partial charge in [-0.2, -0.15) is 0 Å². The van der Waals surface area contributed by atoms with Crippen molar-refractivity contribution in [3.8, 4) is 0 Å². The highest BCUT2D eigenvalue weighted by atomic mass is 16.3. The lowest BCUT2D eigenvalue weighted by Gasteiger charge is -2.34. The summed E-state index contributed by atoms with van der Waals surface area (Å²) < 4.78 is 4.97. The minimum Gasteiger partial charge on any atom is -0.472 e. The Morgan fingerprint density at radius 1 is 1.35 bits per heavy atom. The van der Waals surface area contributed by atoms with E-state index in [0.29, 0.717) is 25.2 Å². The van der Waals surface area contributed by atoms with Crippen molar-refractivity contribution in [3.05, 3.63) is 24.2 Å². The molecule has 2 rings (SSSR count). The molecule has 26 heavy (non-hydrogen) atoms. The van der Waals surface area contributed by atoms with Gasteiger partial charge in [-0.3, -0.25) is 14.4 Å². The lowest BCUT2D eigenvalue weighted by Crippen LogP contribution is -2.51. The second-order valence-corrected chi connectivity index (χ2v) is 7.75. The first kappa shape index (κ1) is 20.0. The fraction of sp³-hybridized carbons (Fsp3) is 0.632. The van der Waals surface area contributed by atoms with Crippen molar-refractivity contribution in [2.24, 2.45) is 5.92 Å². The molecule has 1 aromatic rings. The zero-order chi connectivity index (χ0) is 19.3. The number of likely N-dealkylation sites (N-methyl/N-ethyl adjacent to an activating group) is 1. The SMILES string of the molecule is CCN(CC(=O)NC(C)(C)C)C(=O)C1CCCN(C(=O)c2ccoc2)C1. The van der Waals surface area contributed by atoms with Gasteiger partial charge >= 0.3 is 0 Å². The highest BCUT2D eigenvalue weighted by Gasteiger charge is 2.32. The maximum absolute atomic E-state index is 12.9. The summed E-state index contributed by atoms with van der Waals surface area (Å²) in [6.45, 7) is 9.09. The van der Waals surface area contributed by atoms with Crippen molar-refractivity contribution in [2.45, 2.75) is 46.1 Å². The maximum Gasteiger partial charge on any atom is 0.257 e. The van der Waals surface area contributed by atoms with E-state index in [0.717, 1.165) is 12.8 Å². The molecule has 2 heterocycles. The van der Waals surface area contributed by atoms with Crippen LogP contribution in [0.3, 0.4) is 0 Å². The molecule has 1 saturated heterocycles. The molecule has 1 aliphatic rings. The van der Waals surface area contributed by atoms with E-state index in [4.69, 9.17) is 4.42 Å². The van der Waals surface area contributed by atoms with Gasteiger partial charge in [0.2, 0.25) is 11.8 Å². The van der Waals surface area contributed by atoms with Gasteiger partial charge in [-0.1, -0.05) is 0 Å². The van der Waals surface area contributed by atoms with Crippen LogP contribution >= 0.6 is 0 Å². The molecule has 3 amide bonds. The van der Waals surface area contributed by atoms with E-state index in [2.05, 4.69) is 5.32 Å². The van der Waals surface area contributed by atoms with E-state index in [-0.39, 0.29) is 35.7 Å². The topological polar surface area (TPSA) is 82.9 Å². The maximum atomic E-state index is 12.9. The molecule has 0 bridgehead atoms. The summed E-state index contributed by atoms with van der Waals surface area (Å²) in [6, 6.07) is 1.63. The Balaban J connectivity index is 1.98. The smallest absolute Gasteiger partial charge is 0.257 e. The number of hydrogen-bond acceptors (Lipinski definition) is 4. The summed E-state index contributed by atoms with van der Waals surface area (Å²) in [5, 5.41) is 2.88. The van der Waals surface area contributed by atoms with Gasteiger partial charge in [0.1, 0.15) is 6.26 Å². The highest BCUT2D eigenvalue weighted by Crippen LogP contribution is 2.21. The quantitative estimate of drug-likeness (QED) is 0.866. The number of nitrogens with one attached hydrogen (secondary N) is 1. The standard InChI is InChI=1S/C19H29N3O4/c1-5-21(12-16(23)20-19(2,3)4)17(24)14-7-6-9-22(11-14)18(25)15-8-10-26-13-15/h8,10,13-14H,5-7,9,11-12H2,1-4H3,(H,20,23). The molecule has 1 unspecified atom stereocenters. The van der Waals surface area contributed by atoms with Crippen LogP contribution in [0.15, 0.2) is 23.0 Å². The third-order valence-corrected chi connectivity index (χ3v) is 4.37. The Morgan fingerprint density at radius 3 is 2.65 bits per heavy atom. The summed E-state index contributed by atoms with van der Waals surface area (Å²) in [7, 11) is 0. The summed E-state index contributed by atoms with van der Waals surface area (Å²) in [4.78, 5) is 40.8. The molecular weight excluding hydrogens is 334 g/mol. The normalized spacial score (nSPS) is 17.7. The van der Waals surface area contributed by atoms with E-state index in [1.165, 1.54) is 12.5 Å². The van der Waals surface area contributed by atoms with Gasteiger partial charge in [0, 0.05) is 25.2 Å². The van der Waals surface area contributed by atoms with E-state index in [1.54, 1.807) is 15.9 Å². The van der Waals surface area contributed by atoms with E-state index >= 15 is 0 Å². The fourth-order valence-corrected chi connectivity index (χ4v) is 3.17. The van der Waals surface area contributed by atoms with Crippen molar-refractivity contribution in [2.75, 3.05) is 26.2 Å². The van der Waals surface area contributed by atoms with Gasteiger partial charge in [0.05, 0.1) is 24.3 Å². The molecule has 1 N–H and O–H groups in total. The molecule has 7 nitrogen and oxygen atoms in total. The minimum atomic E-state index is -0.335. The summed E-state index contributed by atoms with van der Waals surface area (Å²) >= 11 is 0. The first-order valence-electron chi connectivity index (χ1n) is 9.12. The van der Waals surface area contributed by atoms with Crippen LogP contribution in [0.1, 0.15) is 50.9 Å². The van der Waals surface area contributed by atoms with Crippen LogP contribution in [0.25, 0.3) is 0 Å². The fourth-order valence-electron chi connectivity index (χ4n) is 3.17. The van der Waals surface area contributed by atoms with Crippen LogP contribution in [0.4, 0.5) is 0 Å². The minimum absolute atomic E-state index is 0.0405. The second kappa shape index (κ2) is 8.38. The van der Waals surface area contributed by atoms with Crippen LogP contribution in [0.2, 0.25) is 0 Å². The molecule has 1 fully saturated rings. The van der Waals surface area contributed by atoms with Gasteiger partial charge in [-0.25, -0.2) is 0 Å². The second-order valence-electron chi connectivity index (χ2n) is 7.75.